The summed E-state index contributed by atoms with van der Waals surface area (Å²) in [4.78, 5) is 0. The molecule has 4 heteroatoms. The molecule has 0 unspecified atom stereocenters. The van der Waals surface area contributed by atoms with Crippen molar-refractivity contribution in [3.63, 3.8) is 0 Å². The summed E-state index contributed by atoms with van der Waals surface area (Å²) in [6, 6.07) is 11.0. The Morgan fingerprint density at radius 3 is 2.72 bits per heavy atom. The lowest BCUT2D eigenvalue weighted by Gasteiger charge is -2.16. The summed E-state index contributed by atoms with van der Waals surface area (Å²) in [5.74, 6) is 1.47. The van der Waals surface area contributed by atoms with Crippen molar-refractivity contribution in [1.29, 1.82) is 0 Å². The Morgan fingerprint density at radius 1 is 1.24 bits per heavy atom. The average molecular weight is 338 g/mol. The Bertz CT molecular complexity index is 833. The molecule has 0 saturated carbocycles. The van der Waals surface area contributed by atoms with Crippen molar-refractivity contribution in [1.82, 2.24) is 5.32 Å². The van der Waals surface area contributed by atoms with Crippen molar-refractivity contribution in [2.24, 2.45) is 0 Å². The van der Waals surface area contributed by atoms with Crippen LogP contribution in [-0.4, -0.2) is 14.2 Å². The SMILES string of the molecule is C=C1/C(=C(\NC)Nc2cc(CC)cc(OC)c2)Cc2cc(F)ccc21. The van der Waals surface area contributed by atoms with Gasteiger partial charge in [0, 0.05) is 30.8 Å². The Labute approximate surface area is 148 Å². The molecular formula is C21H23FN2O. The van der Waals surface area contributed by atoms with E-state index in [4.69, 9.17) is 4.74 Å². The van der Waals surface area contributed by atoms with Crippen LogP contribution in [0.5, 0.6) is 5.75 Å². The smallest absolute Gasteiger partial charge is 0.123 e. The van der Waals surface area contributed by atoms with E-state index in [9.17, 15) is 4.39 Å². The summed E-state index contributed by atoms with van der Waals surface area (Å²) in [5, 5.41) is 6.65. The van der Waals surface area contributed by atoms with Gasteiger partial charge in [0.2, 0.25) is 0 Å². The predicted molar refractivity (Wildman–Crippen MR) is 101 cm³/mol. The Balaban J connectivity index is 1.96. The molecule has 0 aromatic heterocycles. The van der Waals surface area contributed by atoms with E-state index in [-0.39, 0.29) is 5.82 Å². The van der Waals surface area contributed by atoms with Gasteiger partial charge < -0.3 is 15.4 Å². The first kappa shape index (κ1) is 17.1. The summed E-state index contributed by atoms with van der Waals surface area (Å²) in [5.41, 5.74) is 6.08. The number of benzene rings is 2. The van der Waals surface area contributed by atoms with Crippen LogP contribution < -0.4 is 15.4 Å². The van der Waals surface area contributed by atoms with E-state index in [1.807, 2.05) is 19.2 Å². The third-order valence-electron chi connectivity index (χ3n) is 4.56. The zero-order valence-electron chi connectivity index (χ0n) is 14.9. The van der Waals surface area contributed by atoms with E-state index in [0.717, 1.165) is 46.0 Å². The number of nitrogens with one attached hydrogen (secondary N) is 2. The number of hydrogen-bond donors (Lipinski definition) is 2. The largest absolute Gasteiger partial charge is 0.497 e. The summed E-state index contributed by atoms with van der Waals surface area (Å²) >= 11 is 0. The second-order valence-electron chi connectivity index (χ2n) is 6.11. The first-order chi connectivity index (χ1) is 12.0. The van der Waals surface area contributed by atoms with Crippen LogP contribution in [0.2, 0.25) is 0 Å². The monoisotopic (exact) mass is 338 g/mol. The molecule has 0 fully saturated rings. The standard InChI is InChI=1S/C21H23FN2O/c1-5-14-8-17(12-18(9-14)25-4)24-21(23-3)20-11-15-10-16(22)6-7-19(15)13(20)2/h6-10,12,23-24H,2,5,11H2,1,3-4H3/b21-20+. The van der Waals surface area contributed by atoms with Crippen LogP contribution in [0.1, 0.15) is 23.6 Å². The number of methoxy groups -OCH3 is 1. The average Bonchev–Trinajstić information content (AvgIpc) is 2.95. The van der Waals surface area contributed by atoms with Crippen LogP contribution in [0.15, 0.2) is 54.4 Å². The van der Waals surface area contributed by atoms with Gasteiger partial charge in [0.1, 0.15) is 17.4 Å². The summed E-state index contributed by atoms with van der Waals surface area (Å²) < 4.78 is 18.9. The lowest BCUT2D eigenvalue weighted by atomic mass is 10.1. The Hall–Kier alpha value is -2.75. The quantitative estimate of drug-likeness (QED) is 0.841. The Morgan fingerprint density at radius 2 is 2.04 bits per heavy atom. The molecule has 0 saturated heterocycles. The summed E-state index contributed by atoms with van der Waals surface area (Å²) in [6.45, 7) is 6.31. The second kappa shape index (κ2) is 7.01. The van der Waals surface area contributed by atoms with Crippen LogP contribution in [0.4, 0.5) is 10.1 Å². The van der Waals surface area contributed by atoms with Gasteiger partial charge in [0.05, 0.1) is 7.11 Å². The van der Waals surface area contributed by atoms with Crippen molar-refractivity contribution in [3.05, 3.63) is 76.9 Å². The molecule has 3 nitrogen and oxygen atoms in total. The van der Waals surface area contributed by atoms with Crippen LogP contribution in [0, 0.1) is 5.82 Å². The highest BCUT2D eigenvalue weighted by Gasteiger charge is 2.23. The zero-order valence-corrected chi connectivity index (χ0v) is 14.9. The van der Waals surface area contributed by atoms with Gasteiger partial charge in [-0.15, -0.1) is 0 Å². The molecule has 0 aliphatic heterocycles. The van der Waals surface area contributed by atoms with Crippen LogP contribution in [-0.2, 0) is 12.8 Å². The van der Waals surface area contributed by atoms with Gasteiger partial charge >= 0.3 is 0 Å². The van der Waals surface area contributed by atoms with E-state index >= 15 is 0 Å². The van der Waals surface area contributed by atoms with Crippen LogP contribution >= 0.6 is 0 Å². The number of anilines is 1. The molecule has 3 rings (SSSR count). The zero-order chi connectivity index (χ0) is 18.0. The highest BCUT2D eigenvalue weighted by atomic mass is 19.1. The molecule has 2 aromatic rings. The molecule has 1 aliphatic rings. The third kappa shape index (κ3) is 3.38. The molecule has 0 amide bonds. The number of hydrogen-bond acceptors (Lipinski definition) is 3. The molecular weight excluding hydrogens is 315 g/mol. The first-order valence-corrected chi connectivity index (χ1v) is 8.39. The summed E-state index contributed by atoms with van der Waals surface area (Å²) in [6.07, 6.45) is 1.58. The fourth-order valence-corrected chi connectivity index (χ4v) is 3.19. The maximum absolute atomic E-state index is 13.5. The molecule has 2 N–H and O–H groups in total. The molecule has 2 aromatic carbocycles. The molecule has 0 spiro atoms. The number of ether oxygens (including phenoxy) is 1. The van der Waals surface area contributed by atoms with Gasteiger partial charge in [-0.2, -0.15) is 0 Å². The number of rotatable bonds is 5. The van der Waals surface area contributed by atoms with E-state index in [1.54, 1.807) is 19.2 Å². The van der Waals surface area contributed by atoms with Crippen molar-refractivity contribution >= 4 is 11.3 Å². The number of aryl methyl sites for hydroxylation is 1. The van der Waals surface area contributed by atoms with Crippen molar-refractivity contribution in [3.8, 4) is 5.75 Å². The maximum atomic E-state index is 13.5. The molecule has 0 heterocycles. The second-order valence-corrected chi connectivity index (χ2v) is 6.11. The molecule has 0 atom stereocenters. The minimum atomic E-state index is -0.216. The molecule has 0 radical (unpaired) electrons. The minimum Gasteiger partial charge on any atom is -0.497 e. The van der Waals surface area contributed by atoms with E-state index in [2.05, 4.69) is 30.2 Å². The fraction of sp³-hybridized carbons (Fsp3) is 0.238. The topological polar surface area (TPSA) is 33.3 Å². The fourth-order valence-electron chi connectivity index (χ4n) is 3.19. The van der Waals surface area contributed by atoms with Crippen molar-refractivity contribution in [2.45, 2.75) is 19.8 Å². The maximum Gasteiger partial charge on any atom is 0.123 e. The van der Waals surface area contributed by atoms with Gasteiger partial charge in [-0.1, -0.05) is 19.6 Å². The lowest BCUT2D eigenvalue weighted by Crippen LogP contribution is -2.18. The van der Waals surface area contributed by atoms with E-state index in [0.29, 0.717) is 6.42 Å². The molecule has 1 aliphatic carbocycles. The molecule has 130 valence electrons. The van der Waals surface area contributed by atoms with Crippen LogP contribution in [0.3, 0.4) is 0 Å². The minimum absolute atomic E-state index is 0.216. The number of halogens is 1. The number of allylic oxidation sites excluding steroid dienone is 2. The van der Waals surface area contributed by atoms with Crippen molar-refractivity contribution in [2.75, 3.05) is 19.5 Å². The van der Waals surface area contributed by atoms with E-state index < -0.39 is 0 Å². The van der Waals surface area contributed by atoms with Gasteiger partial charge in [0.15, 0.2) is 0 Å². The first-order valence-electron chi connectivity index (χ1n) is 8.39. The third-order valence-corrected chi connectivity index (χ3v) is 4.56. The van der Waals surface area contributed by atoms with Gasteiger partial charge in [-0.05, 0) is 52.9 Å². The molecule has 25 heavy (non-hydrogen) atoms. The van der Waals surface area contributed by atoms with Crippen molar-refractivity contribution < 1.29 is 9.13 Å². The normalized spacial score (nSPS) is 15.0. The van der Waals surface area contributed by atoms with Gasteiger partial charge in [-0.25, -0.2) is 4.39 Å². The van der Waals surface area contributed by atoms with E-state index in [1.165, 1.54) is 11.6 Å². The number of fused-ring (bicyclic) bond motifs is 1. The van der Waals surface area contributed by atoms with Crippen LogP contribution in [0.25, 0.3) is 5.57 Å². The highest BCUT2D eigenvalue weighted by Crippen LogP contribution is 2.37. The van der Waals surface area contributed by atoms with Gasteiger partial charge in [-0.3, -0.25) is 0 Å². The Kier molecular flexibility index (Phi) is 4.79. The highest BCUT2D eigenvalue weighted by molar-refractivity contribution is 5.85. The predicted octanol–water partition coefficient (Wildman–Crippen LogP) is 4.51. The lowest BCUT2D eigenvalue weighted by molar-refractivity contribution is 0.414. The van der Waals surface area contributed by atoms with Gasteiger partial charge in [0.25, 0.3) is 0 Å². The molecule has 0 bridgehead atoms. The summed E-state index contributed by atoms with van der Waals surface area (Å²) in [7, 11) is 3.53.